The van der Waals surface area contributed by atoms with Crippen molar-refractivity contribution in [1.29, 1.82) is 0 Å². The molecule has 0 N–H and O–H groups in total. The number of aromatic nitrogens is 2. The lowest BCUT2D eigenvalue weighted by Gasteiger charge is -2.31. The van der Waals surface area contributed by atoms with Crippen molar-refractivity contribution in [2.75, 3.05) is 38.3 Å². The summed E-state index contributed by atoms with van der Waals surface area (Å²) in [7, 11) is 1.88. The second-order valence-electron chi connectivity index (χ2n) is 6.08. The standard InChI is InChI=1S/C16H24N4O2/c1-19(13-5-3-2-4-6-13)16(21)14-7-8-15(18-17-14)20-9-11-22-12-10-20/h7-8,13H,2-6,9-12H2,1H3. The van der Waals surface area contributed by atoms with Crippen LogP contribution >= 0.6 is 0 Å². The molecule has 0 aromatic carbocycles. The summed E-state index contributed by atoms with van der Waals surface area (Å²) >= 11 is 0. The van der Waals surface area contributed by atoms with E-state index in [-0.39, 0.29) is 5.91 Å². The van der Waals surface area contributed by atoms with Gasteiger partial charge in [-0.1, -0.05) is 19.3 Å². The summed E-state index contributed by atoms with van der Waals surface area (Å²) in [5.41, 5.74) is 0.435. The zero-order chi connectivity index (χ0) is 15.4. The molecule has 2 aliphatic rings. The lowest BCUT2D eigenvalue weighted by molar-refractivity contribution is 0.0689. The van der Waals surface area contributed by atoms with Crippen LogP contribution in [0.4, 0.5) is 5.82 Å². The minimum absolute atomic E-state index is 0.0204. The quantitative estimate of drug-likeness (QED) is 0.851. The third-order valence-electron chi connectivity index (χ3n) is 4.65. The lowest BCUT2D eigenvalue weighted by Crippen LogP contribution is -2.39. The van der Waals surface area contributed by atoms with Gasteiger partial charge in [-0.15, -0.1) is 10.2 Å². The summed E-state index contributed by atoms with van der Waals surface area (Å²) in [6.07, 6.45) is 5.91. The van der Waals surface area contributed by atoms with E-state index >= 15 is 0 Å². The molecule has 1 aromatic rings. The van der Waals surface area contributed by atoms with E-state index in [1.165, 1.54) is 19.3 Å². The Hall–Kier alpha value is -1.69. The zero-order valence-electron chi connectivity index (χ0n) is 13.2. The first kappa shape index (κ1) is 15.2. The molecule has 0 radical (unpaired) electrons. The molecular weight excluding hydrogens is 280 g/mol. The predicted molar refractivity (Wildman–Crippen MR) is 84.0 cm³/mol. The molecule has 1 aliphatic carbocycles. The minimum Gasteiger partial charge on any atom is -0.378 e. The van der Waals surface area contributed by atoms with Gasteiger partial charge in [0.1, 0.15) is 0 Å². The maximum atomic E-state index is 12.5. The smallest absolute Gasteiger partial charge is 0.274 e. The molecule has 1 aliphatic heterocycles. The van der Waals surface area contributed by atoms with Gasteiger partial charge >= 0.3 is 0 Å². The molecule has 1 saturated heterocycles. The summed E-state index contributed by atoms with van der Waals surface area (Å²) in [6.45, 7) is 3.08. The zero-order valence-corrected chi connectivity index (χ0v) is 13.2. The van der Waals surface area contributed by atoms with Crippen molar-refractivity contribution in [2.45, 2.75) is 38.1 Å². The molecule has 0 atom stereocenters. The van der Waals surface area contributed by atoms with Gasteiger partial charge in [0.25, 0.3) is 5.91 Å². The maximum absolute atomic E-state index is 12.5. The van der Waals surface area contributed by atoms with Crippen LogP contribution in [0.3, 0.4) is 0 Å². The first-order valence-electron chi connectivity index (χ1n) is 8.19. The molecule has 1 saturated carbocycles. The first-order valence-corrected chi connectivity index (χ1v) is 8.19. The van der Waals surface area contributed by atoms with Crippen LogP contribution in [0.15, 0.2) is 12.1 Å². The molecule has 6 nitrogen and oxygen atoms in total. The number of hydrogen-bond acceptors (Lipinski definition) is 5. The van der Waals surface area contributed by atoms with Gasteiger partial charge in [0.15, 0.2) is 11.5 Å². The summed E-state index contributed by atoms with van der Waals surface area (Å²) in [4.78, 5) is 16.5. The van der Waals surface area contributed by atoms with Gasteiger partial charge in [-0.3, -0.25) is 4.79 Å². The number of rotatable bonds is 3. The molecule has 0 unspecified atom stereocenters. The third-order valence-corrected chi connectivity index (χ3v) is 4.65. The Kier molecular flexibility index (Phi) is 4.87. The Labute approximate surface area is 131 Å². The average molecular weight is 304 g/mol. The minimum atomic E-state index is -0.0204. The highest BCUT2D eigenvalue weighted by Crippen LogP contribution is 2.22. The summed E-state index contributed by atoms with van der Waals surface area (Å²) in [6, 6.07) is 4.03. The van der Waals surface area contributed by atoms with Crippen molar-refractivity contribution in [2.24, 2.45) is 0 Å². The lowest BCUT2D eigenvalue weighted by atomic mass is 9.94. The Morgan fingerprint density at radius 1 is 1.18 bits per heavy atom. The van der Waals surface area contributed by atoms with Crippen molar-refractivity contribution in [3.8, 4) is 0 Å². The van der Waals surface area contributed by atoms with E-state index in [2.05, 4.69) is 15.1 Å². The topological polar surface area (TPSA) is 58.6 Å². The molecule has 0 spiro atoms. The van der Waals surface area contributed by atoms with Gasteiger partial charge in [-0.25, -0.2) is 0 Å². The van der Waals surface area contributed by atoms with Gasteiger partial charge in [-0.05, 0) is 25.0 Å². The Balaban J connectivity index is 1.64. The summed E-state index contributed by atoms with van der Waals surface area (Å²) < 4.78 is 5.33. The SMILES string of the molecule is CN(C(=O)c1ccc(N2CCOCC2)nn1)C1CCCCC1. The van der Waals surface area contributed by atoms with E-state index in [4.69, 9.17) is 4.74 Å². The van der Waals surface area contributed by atoms with E-state index in [0.717, 1.165) is 31.7 Å². The first-order chi connectivity index (χ1) is 10.8. The van der Waals surface area contributed by atoms with Crippen molar-refractivity contribution in [3.05, 3.63) is 17.8 Å². The number of hydrogen-bond donors (Lipinski definition) is 0. The average Bonchev–Trinajstić information content (AvgIpc) is 2.62. The number of nitrogens with zero attached hydrogens (tertiary/aromatic N) is 4. The van der Waals surface area contributed by atoms with Gasteiger partial charge < -0.3 is 14.5 Å². The molecule has 6 heteroatoms. The second-order valence-corrected chi connectivity index (χ2v) is 6.08. The highest BCUT2D eigenvalue weighted by atomic mass is 16.5. The molecule has 1 amide bonds. The fraction of sp³-hybridized carbons (Fsp3) is 0.688. The van der Waals surface area contributed by atoms with Gasteiger partial charge in [0.2, 0.25) is 0 Å². The predicted octanol–water partition coefficient (Wildman–Crippen LogP) is 1.72. The van der Waals surface area contributed by atoms with Crippen LogP contribution in [0.25, 0.3) is 0 Å². The maximum Gasteiger partial charge on any atom is 0.274 e. The van der Waals surface area contributed by atoms with Crippen LogP contribution in [0.5, 0.6) is 0 Å². The van der Waals surface area contributed by atoms with Crippen LogP contribution in [-0.2, 0) is 4.74 Å². The van der Waals surface area contributed by atoms with Crippen molar-refractivity contribution >= 4 is 11.7 Å². The molecule has 2 heterocycles. The van der Waals surface area contributed by atoms with Crippen LogP contribution < -0.4 is 4.90 Å². The van der Waals surface area contributed by atoms with Gasteiger partial charge in [0, 0.05) is 26.2 Å². The fourth-order valence-corrected chi connectivity index (χ4v) is 3.22. The highest BCUT2D eigenvalue weighted by molar-refractivity contribution is 5.92. The number of amides is 1. The number of ether oxygens (including phenoxy) is 1. The van der Waals surface area contributed by atoms with Gasteiger partial charge in [0.05, 0.1) is 13.2 Å². The number of anilines is 1. The number of carbonyl (C=O) groups is 1. The molecular formula is C16H24N4O2. The van der Waals surface area contributed by atoms with E-state index in [1.54, 1.807) is 6.07 Å². The van der Waals surface area contributed by atoms with E-state index in [9.17, 15) is 4.79 Å². The van der Waals surface area contributed by atoms with E-state index in [0.29, 0.717) is 24.9 Å². The van der Waals surface area contributed by atoms with Crippen molar-refractivity contribution in [3.63, 3.8) is 0 Å². The Bertz CT molecular complexity index is 493. The van der Waals surface area contributed by atoms with Crippen molar-refractivity contribution in [1.82, 2.24) is 15.1 Å². The monoisotopic (exact) mass is 304 g/mol. The second kappa shape index (κ2) is 7.05. The Morgan fingerprint density at radius 2 is 1.91 bits per heavy atom. The summed E-state index contributed by atoms with van der Waals surface area (Å²) in [5.74, 6) is 0.799. The number of carbonyl (C=O) groups excluding carboxylic acids is 1. The van der Waals surface area contributed by atoms with Gasteiger partial charge in [-0.2, -0.15) is 0 Å². The normalized spacial score (nSPS) is 20.0. The number of morpholine rings is 1. The van der Waals surface area contributed by atoms with Crippen LogP contribution in [0, 0.1) is 0 Å². The van der Waals surface area contributed by atoms with Crippen LogP contribution in [0.1, 0.15) is 42.6 Å². The fourth-order valence-electron chi connectivity index (χ4n) is 3.22. The molecule has 2 fully saturated rings. The molecule has 3 rings (SSSR count). The van der Waals surface area contributed by atoms with Crippen molar-refractivity contribution < 1.29 is 9.53 Å². The largest absolute Gasteiger partial charge is 0.378 e. The molecule has 1 aromatic heterocycles. The Morgan fingerprint density at radius 3 is 2.55 bits per heavy atom. The van der Waals surface area contributed by atoms with Crippen LogP contribution in [0.2, 0.25) is 0 Å². The highest BCUT2D eigenvalue weighted by Gasteiger charge is 2.24. The van der Waals surface area contributed by atoms with E-state index in [1.807, 2.05) is 18.0 Å². The van der Waals surface area contributed by atoms with Crippen LogP contribution in [-0.4, -0.2) is 60.4 Å². The molecule has 120 valence electrons. The molecule has 0 bridgehead atoms. The summed E-state index contributed by atoms with van der Waals surface area (Å²) in [5, 5.41) is 8.37. The molecule has 22 heavy (non-hydrogen) atoms. The van der Waals surface area contributed by atoms with E-state index < -0.39 is 0 Å². The third kappa shape index (κ3) is 3.38.